The monoisotopic (exact) mass is 455 g/mol. The van der Waals surface area contributed by atoms with Crippen molar-refractivity contribution in [3.63, 3.8) is 0 Å². The smallest absolute Gasteiger partial charge is 0.232 e. The normalized spacial score (nSPS) is 18.6. The van der Waals surface area contributed by atoms with Crippen LogP contribution < -0.4 is 15.5 Å². The number of halogens is 1. The first-order valence-corrected chi connectivity index (χ1v) is 11.2. The van der Waals surface area contributed by atoms with Crippen LogP contribution in [0, 0.1) is 11.8 Å². The van der Waals surface area contributed by atoms with E-state index in [9.17, 15) is 0 Å². The zero-order valence-electron chi connectivity index (χ0n) is 17.6. The number of aromatic nitrogens is 2. The van der Waals surface area contributed by atoms with Crippen LogP contribution in [0.3, 0.4) is 0 Å². The van der Waals surface area contributed by atoms with E-state index < -0.39 is 0 Å². The predicted molar refractivity (Wildman–Crippen MR) is 129 cm³/mol. The molecule has 3 aromatic rings. The minimum atomic E-state index is 0.385. The van der Waals surface area contributed by atoms with Crippen LogP contribution in [-0.4, -0.2) is 28.2 Å². The molecule has 1 fully saturated rings. The Kier molecular flexibility index (Phi) is 6.73. The largest absolute Gasteiger partial charge is 0.459 e. The Morgan fingerprint density at radius 3 is 2.61 bits per heavy atom. The van der Waals surface area contributed by atoms with Crippen molar-refractivity contribution in [3.8, 4) is 11.3 Å². The third-order valence-corrected chi connectivity index (χ3v) is 5.68. The van der Waals surface area contributed by atoms with Crippen LogP contribution in [0.1, 0.15) is 26.0 Å². The molecule has 1 saturated heterocycles. The summed E-state index contributed by atoms with van der Waals surface area (Å²) in [4.78, 5) is 11.2. The molecule has 0 amide bonds. The number of piperidine rings is 1. The van der Waals surface area contributed by atoms with Gasteiger partial charge in [-0.2, -0.15) is 4.98 Å². The Hall–Kier alpha value is -2.64. The van der Waals surface area contributed by atoms with Gasteiger partial charge < -0.3 is 20.0 Å². The van der Waals surface area contributed by atoms with Crippen LogP contribution in [0.15, 0.2) is 52.9 Å². The number of anilines is 2. The fraction of sp³-hybridized carbons (Fsp3) is 0.348. The van der Waals surface area contributed by atoms with Crippen LogP contribution >= 0.6 is 23.8 Å². The number of rotatable bonds is 5. The SMILES string of the molecule is CC1CC(C)CN(c2cc(Cl)nc(NC(=S)NCc3ccc(-c4ccccc4)o3)n2)C1. The van der Waals surface area contributed by atoms with Crippen molar-refractivity contribution in [1.29, 1.82) is 0 Å². The van der Waals surface area contributed by atoms with Gasteiger partial charge in [-0.3, -0.25) is 0 Å². The summed E-state index contributed by atoms with van der Waals surface area (Å²) < 4.78 is 5.90. The Morgan fingerprint density at radius 2 is 1.87 bits per heavy atom. The summed E-state index contributed by atoms with van der Waals surface area (Å²) in [5.41, 5.74) is 1.04. The Bertz CT molecular complexity index is 1030. The van der Waals surface area contributed by atoms with E-state index in [-0.39, 0.29) is 0 Å². The van der Waals surface area contributed by atoms with Crippen LogP contribution in [-0.2, 0) is 6.54 Å². The third-order valence-electron chi connectivity index (χ3n) is 5.24. The zero-order valence-corrected chi connectivity index (χ0v) is 19.2. The molecular formula is C23H26ClN5OS. The maximum atomic E-state index is 6.26. The van der Waals surface area contributed by atoms with E-state index in [1.165, 1.54) is 6.42 Å². The maximum absolute atomic E-state index is 6.26. The maximum Gasteiger partial charge on any atom is 0.232 e. The molecule has 8 heteroatoms. The highest BCUT2D eigenvalue weighted by Crippen LogP contribution is 2.27. The summed E-state index contributed by atoms with van der Waals surface area (Å²) in [6.07, 6.45) is 1.23. The molecular weight excluding hydrogens is 430 g/mol. The average molecular weight is 456 g/mol. The summed E-state index contributed by atoms with van der Waals surface area (Å²) in [6, 6.07) is 15.7. The molecule has 2 aromatic heterocycles. The van der Waals surface area contributed by atoms with Crippen LogP contribution in [0.4, 0.5) is 11.8 Å². The molecule has 4 rings (SSSR count). The molecule has 0 radical (unpaired) electrons. The van der Waals surface area contributed by atoms with Gasteiger partial charge in [-0.1, -0.05) is 55.8 Å². The first-order chi connectivity index (χ1) is 15.0. The molecule has 162 valence electrons. The van der Waals surface area contributed by atoms with Crippen molar-refractivity contribution in [2.75, 3.05) is 23.3 Å². The van der Waals surface area contributed by atoms with Crippen LogP contribution in [0.25, 0.3) is 11.3 Å². The summed E-state index contributed by atoms with van der Waals surface area (Å²) in [7, 11) is 0. The lowest BCUT2D eigenvalue weighted by Gasteiger charge is -2.35. The molecule has 3 heterocycles. The lowest BCUT2D eigenvalue weighted by atomic mass is 9.92. The van der Waals surface area contributed by atoms with E-state index in [2.05, 4.69) is 39.3 Å². The molecule has 2 atom stereocenters. The first kappa shape index (κ1) is 21.6. The number of nitrogens with one attached hydrogen (secondary N) is 2. The van der Waals surface area contributed by atoms with Gasteiger partial charge in [0.15, 0.2) is 5.11 Å². The van der Waals surface area contributed by atoms with E-state index in [4.69, 9.17) is 28.2 Å². The van der Waals surface area contributed by atoms with Crippen LogP contribution in [0.5, 0.6) is 0 Å². The molecule has 0 aliphatic carbocycles. The molecule has 1 aromatic carbocycles. The second-order valence-electron chi connectivity index (χ2n) is 8.16. The van der Waals surface area contributed by atoms with Crippen molar-refractivity contribution in [1.82, 2.24) is 15.3 Å². The number of furan rings is 1. The van der Waals surface area contributed by atoms with Crippen LogP contribution in [0.2, 0.25) is 5.15 Å². The van der Waals surface area contributed by atoms with Gasteiger partial charge >= 0.3 is 0 Å². The fourth-order valence-electron chi connectivity index (χ4n) is 4.02. The zero-order chi connectivity index (χ0) is 21.8. The van der Waals surface area contributed by atoms with Gasteiger partial charge in [0.2, 0.25) is 5.95 Å². The van der Waals surface area contributed by atoms with Gasteiger partial charge in [0, 0.05) is 24.7 Å². The highest BCUT2D eigenvalue weighted by molar-refractivity contribution is 7.80. The fourth-order valence-corrected chi connectivity index (χ4v) is 4.36. The topological polar surface area (TPSA) is 66.2 Å². The third kappa shape index (κ3) is 5.74. The number of hydrogen-bond acceptors (Lipinski definition) is 5. The number of thiocarbonyl (C=S) groups is 1. The Morgan fingerprint density at radius 1 is 1.13 bits per heavy atom. The van der Waals surface area contributed by atoms with Gasteiger partial charge in [-0.15, -0.1) is 0 Å². The van der Waals surface area contributed by atoms with E-state index in [1.807, 2.05) is 48.5 Å². The van der Waals surface area contributed by atoms with E-state index in [0.29, 0.717) is 34.6 Å². The lowest BCUT2D eigenvalue weighted by molar-refractivity contribution is 0.355. The van der Waals surface area contributed by atoms with Crippen molar-refractivity contribution in [2.45, 2.75) is 26.8 Å². The standard InChI is InChI=1S/C23H26ClN5OS/c1-15-10-16(2)14-29(13-15)21-11-20(24)26-22(27-21)28-23(31)25-12-18-8-9-19(30-18)17-6-4-3-5-7-17/h3-9,11,15-16H,10,12-14H2,1-2H3,(H2,25,26,27,28,31). The molecule has 0 spiro atoms. The van der Waals surface area contributed by atoms with Crippen molar-refractivity contribution in [2.24, 2.45) is 11.8 Å². The lowest BCUT2D eigenvalue weighted by Crippen LogP contribution is -2.39. The molecule has 0 bridgehead atoms. The average Bonchev–Trinajstić information content (AvgIpc) is 3.21. The highest BCUT2D eigenvalue weighted by Gasteiger charge is 2.23. The molecule has 6 nitrogen and oxygen atoms in total. The molecule has 31 heavy (non-hydrogen) atoms. The first-order valence-electron chi connectivity index (χ1n) is 10.4. The molecule has 2 N–H and O–H groups in total. The highest BCUT2D eigenvalue weighted by atomic mass is 35.5. The minimum absolute atomic E-state index is 0.385. The quantitative estimate of drug-likeness (QED) is 0.396. The van der Waals surface area contributed by atoms with Crippen molar-refractivity contribution in [3.05, 3.63) is 59.4 Å². The van der Waals surface area contributed by atoms with E-state index >= 15 is 0 Å². The van der Waals surface area contributed by atoms with Gasteiger partial charge in [-0.05, 0) is 42.6 Å². The number of benzene rings is 1. The summed E-state index contributed by atoms with van der Waals surface area (Å²) >= 11 is 11.7. The Balaban J connectivity index is 1.36. The molecule has 2 unspecified atom stereocenters. The van der Waals surface area contributed by atoms with Crippen molar-refractivity contribution < 1.29 is 4.42 Å². The van der Waals surface area contributed by atoms with Gasteiger partial charge in [-0.25, -0.2) is 4.98 Å². The summed E-state index contributed by atoms with van der Waals surface area (Å²) in [6.45, 7) is 6.90. The van der Waals surface area contributed by atoms with E-state index in [0.717, 1.165) is 36.0 Å². The van der Waals surface area contributed by atoms with Gasteiger partial charge in [0.1, 0.15) is 22.5 Å². The second-order valence-corrected chi connectivity index (χ2v) is 8.96. The molecule has 1 aliphatic heterocycles. The summed E-state index contributed by atoms with van der Waals surface area (Å²) in [5, 5.41) is 6.97. The second kappa shape index (κ2) is 9.66. The van der Waals surface area contributed by atoms with Gasteiger partial charge in [0.25, 0.3) is 0 Å². The van der Waals surface area contributed by atoms with E-state index in [1.54, 1.807) is 0 Å². The van der Waals surface area contributed by atoms with Gasteiger partial charge in [0.05, 0.1) is 6.54 Å². The van der Waals surface area contributed by atoms with Crippen molar-refractivity contribution >= 4 is 40.7 Å². The predicted octanol–water partition coefficient (Wildman–Crippen LogP) is 5.36. The number of hydrogen-bond donors (Lipinski definition) is 2. The minimum Gasteiger partial charge on any atom is -0.459 e. The molecule has 1 aliphatic rings. The molecule has 0 saturated carbocycles. The number of nitrogens with zero attached hydrogens (tertiary/aromatic N) is 3. The Labute approximate surface area is 193 Å². The summed E-state index contributed by atoms with van der Waals surface area (Å²) in [5.74, 6) is 4.05.